The average Bonchev–Trinajstić information content (AvgIpc) is 2.51. The summed E-state index contributed by atoms with van der Waals surface area (Å²) in [4.78, 5) is 2.05. The average molecular weight is 286 g/mol. The Hall–Kier alpha value is -0.980. The van der Waals surface area contributed by atoms with E-state index in [2.05, 4.69) is 4.90 Å². The van der Waals surface area contributed by atoms with Crippen molar-refractivity contribution in [2.75, 3.05) is 24.6 Å². The normalized spacial score (nSPS) is 20.1. The summed E-state index contributed by atoms with van der Waals surface area (Å²) in [5.74, 6) is 0.145. The van der Waals surface area contributed by atoms with Crippen LogP contribution in [0.3, 0.4) is 0 Å². The number of nitrogens with zero attached hydrogens (tertiary/aromatic N) is 1. The van der Waals surface area contributed by atoms with Crippen LogP contribution in [0, 0.1) is 5.82 Å². The zero-order valence-electron chi connectivity index (χ0n) is 10.8. The number of rotatable bonds is 3. The number of hydrogen-bond donors (Lipinski definition) is 1. The summed E-state index contributed by atoms with van der Waals surface area (Å²) in [7, 11) is -2.91. The van der Waals surface area contributed by atoms with Gasteiger partial charge in [-0.2, -0.15) is 0 Å². The summed E-state index contributed by atoms with van der Waals surface area (Å²) in [5, 5.41) is 0. The summed E-state index contributed by atoms with van der Waals surface area (Å²) >= 11 is 0. The second kappa shape index (κ2) is 5.98. The lowest BCUT2D eigenvalue weighted by Crippen LogP contribution is -2.27. The van der Waals surface area contributed by atoms with Gasteiger partial charge in [0.1, 0.15) is 5.82 Å². The Morgan fingerprint density at radius 2 is 2.00 bits per heavy atom. The second-order valence-corrected chi connectivity index (χ2v) is 7.20. The maximum atomic E-state index is 13.3. The van der Waals surface area contributed by atoms with Crippen molar-refractivity contribution in [1.29, 1.82) is 0 Å². The third-order valence-corrected chi connectivity index (χ3v) is 5.15. The standard InChI is InChI=1S/C13H19FN2O2S/c14-13-3-2-11(9-15)12(8-13)10-16-4-1-6-19(17,18)7-5-16/h2-3,8H,1,4-7,9-10,15H2. The second-order valence-electron chi connectivity index (χ2n) is 4.90. The van der Waals surface area contributed by atoms with Crippen molar-refractivity contribution in [2.45, 2.75) is 19.5 Å². The van der Waals surface area contributed by atoms with Crippen LogP contribution in [-0.2, 0) is 22.9 Å². The van der Waals surface area contributed by atoms with Crippen LogP contribution in [-0.4, -0.2) is 37.9 Å². The Kier molecular flexibility index (Phi) is 4.54. The van der Waals surface area contributed by atoms with Crippen molar-refractivity contribution in [3.05, 3.63) is 35.1 Å². The number of benzene rings is 1. The van der Waals surface area contributed by atoms with E-state index in [1.54, 1.807) is 6.07 Å². The molecular formula is C13H19FN2O2S. The molecule has 1 saturated heterocycles. The molecule has 106 valence electrons. The molecule has 1 aromatic rings. The van der Waals surface area contributed by atoms with Crippen LogP contribution in [0.4, 0.5) is 4.39 Å². The summed E-state index contributed by atoms with van der Waals surface area (Å²) < 4.78 is 36.4. The van der Waals surface area contributed by atoms with Crippen LogP contribution in [0.25, 0.3) is 0 Å². The van der Waals surface area contributed by atoms with Crippen LogP contribution in [0.15, 0.2) is 18.2 Å². The fourth-order valence-corrected chi connectivity index (χ4v) is 3.64. The van der Waals surface area contributed by atoms with Crippen molar-refractivity contribution in [1.82, 2.24) is 4.90 Å². The van der Waals surface area contributed by atoms with Crippen molar-refractivity contribution < 1.29 is 12.8 Å². The zero-order chi connectivity index (χ0) is 13.9. The van der Waals surface area contributed by atoms with Gasteiger partial charge in [-0.1, -0.05) is 6.07 Å². The lowest BCUT2D eigenvalue weighted by atomic mass is 10.1. The molecule has 1 aliphatic heterocycles. The van der Waals surface area contributed by atoms with Gasteiger partial charge in [0.25, 0.3) is 0 Å². The van der Waals surface area contributed by atoms with Gasteiger partial charge in [-0.3, -0.25) is 4.90 Å². The first-order valence-electron chi connectivity index (χ1n) is 6.40. The molecule has 0 unspecified atom stereocenters. The summed E-state index contributed by atoms with van der Waals surface area (Å²) in [6.45, 7) is 2.14. The highest BCUT2D eigenvalue weighted by molar-refractivity contribution is 7.91. The zero-order valence-corrected chi connectivity index (χ0v) is 11.6. The minimum absolute atomic E-state index is 0.181. The molecule has 1 aromatic carbocycles. The van der Waals surface area contributed by atoms with Gasteiger partial charge in [-0.05, 0) is 36.2 Å². The predicted molar refractivity (Wildman–Crippen MR) is 72.8 cm³/mol. The maximum Gasteiger partial charge on any atom is 0.151 e. The van der Waals surface area contributed by atoms with Gasteiger partial charge in [0.05, 0.1) is 11.5 Å². The Morgan fingerprint density at radius 3 is 2.74 bits per heavy atom. The molecule has 0 aliphatic carbocycles. The van der Waals surface area contributed by atoms with Crippen LogP contribution >= 0.6 is 0 Å². The fourth-order valence-electron chi connectivity index (χ4n) is 2.33. The predicted octanol–water partition coefficient (Wildman–Crippen LogP) is 0.905. The Balaban J connectivity index is 2.10. The number of hydrogen-bond acceptors (Lipinski definition) is 4. The van der Waals surface area contributed by atoms with Crippen LogP contribution in [0.2, 0.25) is 0 Å². The highest BCUT2D eigenvalue weighted by Crippen LogP contribution is 2.15. The molecule has 2 rings (SSSR count). The topological polar surface area (TPSA) is 63.4 Å². The molecule has 0 atom stereocenters. The summed E-state index contributed by atoms with van der Waals surface area (Å²) in [5.41, 5.74) is 7.40. The van der Waals surface area contributed by atoms with E-state index < -0.39 is 9.84 Å². The molecule has 2 N–H and O–H groups in total. The highest BCUT2D eigenvalue weighted by atomic mass is 32.2. The van der Waals surface area contributed by atoms with Crippen LogP contribution < -0.4 is 5.73 Å². The van der Waals surface area contributed by atoms with Gasteiger partial charge >= 0.3 is 0 Å². The molecule has 1 heterocycles. The summed E-state index contributed by atoms with van der Waals surface area (Å²) in [6.07, 6.45) is 0.635. The van der Waals surface area contributed by atoms with Gasteiger partial charge in [0, 0.05) is 19.6 Å². The third kappa shape index (κ3) is 3.99. The van der Waals surface area contributed by atoms with E-state index >= 15 is 0 Å². The maximum absolute atomic E-state index is 13.3. The molecule has 19 heavy (non-hydrogen) atoms. The number of halogens is 1. The van der Waals surface area contributed by atoms with E-state index in [0.29, 0.717) is 26.1 Å². The highest BCUT2D eigenvalue weighted by Gasteiger charge is 2.19. The molecule has 0 amide bonds. The summed E-state index contributed by atoms with van der Waals surface area (Å²) in [6, 6.07) is 4.58. The Labute approximate surface area is 113 Å². The molecule has 0 radical (unpaired) electrons. The Bertz CT molecular complexity index is 546. The van der Waals surface area contributed by atoms with Gasteiger partial charge in [-0.15, -0.1) is 0 Å². The lowest BCUT2D eigenvalue weighted by molar-refractivity contribution is 0.286. The molecule has 4 nitrogen and oxygen atoms in total. The van der Waals surface area contributed by atoms with E-state index in [0.717, 1.165) is 17.7 Å². The monoisotopic (exact) mass is 286 g/mol. The van der Waals surface area contributed by atoms with Gasteiger partial charge < -0.3 is 5.73 Å². The first-order valence-corrected chi connectivity index (χ1v) is 8.22. The Morgan fingerprint density at radius 1 is 1.21 bits per heavy atom. The largest absolute Gasteiger partial charge is 0.326 e. The van der Waals surface area contributed by atoms with Crippen molar-refractivity contribution >= 4 is 9.84 Å². The first-order chi connectivity index (χ1) is 9.00. The van der Waals surface area contributed by atoms with E-state index in [1.807, 2.05) is 0 Å². The lowest BCUT2D eigenvalue weighted by Gasteiger charge is -2.20. The number of sulfone groups is 1. The molecule has 0 spiro atoms. The van der Waals surface area contributed by atoms with Crippen molar-refractivity contribution in [2.24, 2.45) is 5.73 Å². The SMILES string of the molecule is NCc1ccc(F)cc1CN1CCCS(=O)(=O)CC1. The van der Waals surface area contributed by atoms with E-state index in [-0.39, 0.29) is 17.3 Å². The molecule has 1 aliphatic rings. The smallest absolute Gasteiger partial charge is 0.151 e. The minimum Gasteiger partial charge on any atom is -0.326 e. The molecule has 0 bridgehead atoms. The van der Waals surface area contributed by atoms with Crippen LogP contribution in [0.1, 0.15) is 17.5 Å². The number of nitrogens with two attached hydrogens (primary N) is 1. The third-order valence-electron chi connectivity index (χ3n) is 3.43. The van der Waals surface area contributed by atoms with Crippen molar-refractivity contribution in [3.8, 4) is 0 Å². The quantitative estimate of drug-likeness (QED) is 0.897. The first kappa shape index (κ1) is 14.4. The molecule has 1 fully saturated rings. The van der Waals surface area contributed by atoms with E-state index in [9.17, 15) is 12.8 Å². The molecule has 0 saturated carbocycles. The van der Waals surface area contributed by atoms with E-state index in [4.69, 9.17) is 5.73 Å². The molecular weight excluding hydrogens is 267 g/mol. The van der Waals surface area contributed by atoms with Gasteiger partial charge in [0.2, 0.25) is 0 Å². The molecule has 0 aromatic heterocycles. The van der Waals surface area contributed by atoms with Gasteiger partial charge in [-0.25, -0.2) is 12.8 Å². The van der Waals surface area contributed by atoms with Crippen LogP contribution in [0.5, 0.6) is 0 Å². The fraction of sp³-hybridized carbons (Fsp3) is 0.538. The van der Waals surface area contributed by atoms with Gasteiger partial charge in [0.15, 0.2) is 9.84 Å². The van der Waals surface area contributed by atoms with E-state index in [1.165, 1.54) is 12.1 Å². The minimum atomic E-state index is -2.91. The molecule has 6 heteroatoms. The van der Waals surface area contributed by atoms with Crippen molar-refractivity contribution in [3.63, 3.8) is 0 Å².